The summed E-state index contributed by atoms with van der Waals surface area (Å²) in [5.74, 6) is -1.06. The van der Waals surface area contributed by atoms with Crippen molar-refractivity contribution in [2.24, 2.45) is 0 Å². The van der Waals surface area contributed by atoms with Gasteiger partial charge in [-0.25, -0.2) is 17.5 Å². The molecule has 2 aromatic rings. The van der Waals surface area contributed by atoms with Gasteiger partial charge < -0.3 is 14.5 Å². The number of piperidine rings is 1. The van der Waals surface area contributed by atoms with Gasteiger partial charge in [-0.3, -0.25) is 4.79 Å². The number of amides is 1. The average molecular weight is 474 g/mol. The van der Waals surface area contributed by atoms with Crippen LogP contribution in [0.1, 0.15) is 35.2 Å². The molecule has 0 saturated carbocycles. The molecule has 0 aliphatic carbocycles. The van der Waals surface area contributed by atoms with Crippen LogP contribution in [0.25, 0.3) is 0 Å². The minimum absolute atomic E-state index is 0.00716. The molecule has 0 N–H and O–H groups in total. The van der Waals surface area contributed by atoms with Crippen molar-refractivity contribution in [1.29, 1.82) is 0 Å². The molecule has 178 valence electrons. The normalized spacial score (nSPS) is 14.2. The van der Waals surface area contributed by atoms with Crippen LogP contribution in [-0.2, 0) is 26.1 Å². The maximum atomic E-state index is 13.0. The largest absolute Gasteiger partial charge is 0.452 e. The first-order valence-corrected chi connectivity index (χ1v) is 12.4. The summed E-state index contributed by atoms with van der Waals surface area (Å²) >= 11 is 0. The highest BCUT2D eigenvalue weighted by atomic mass is 32.2. The predicted octanol–water partition coefficient (Wildman–Crippen LogP) is 2.74. The SMILES string of the molecule is CN(Cc1ccccc1)C(=O)COC(=O)c1cc(S(=O)(=O)N(C)C)ccc1N1CCCCC1. The number of carbonyl (C=O) groups excluding carboxylic acids is 2. The Bertz CT molecular complexity index is 1080. The minimum Gasteiger partial charge on any atom is -0.452 e. The maximum Gasteiger partial charge on any atom is 0.340 e. The highest BCUT2D eigenvalue weighted by molar-refractivity contribution is 7.89. The maximum absolute atomic E-state index is 13.0. The first kappa shape index (κ1) is 24.7. The molecule has 1 aliphatic heterocycles. The zero-order valence-corrected chi connectivity index (χ0v) is 20.2. The number of likely N-dealkylation sites (N-methyl/N-ethyl adjacent to an activating group) is 1. The summed E-state index contributed by atoms with van der Waals surface area (Å²) < 4.78 is 31.7. The number of esters is 1. The number of hydrogen-bond donors (Lipinski definition) is 0. The quantitative estimate of drug-likeness (QED) is 0.548. The lowest BCUT2D eigenvalue weighted by atomic mass is 10.1. The first-order valence-electron chi connectivity index (χ1n) is 11.0. The molecule has 8 nitrogen and oxygen atoms in total. The molecule has 0 unspecified atom stereocenters. The fourth-order valence-electron chi connectivity index (χ4n) is 3.72. The Morgan fingerprint density at radius 3 is 2.27 bits per heavy atom. The van der Waals surface area contributed by atoms with E-state index in [1.165, 1.54) is 31.1 Å². The van der Waals surface area contributed by atoms with Gasteiger partial charge in [0.25, 0.3) is 5.91 Å². The first-order chi connectivity index (χ1) is 15.7. The van der Waals surface area contributed by atoms with Gasteiger partial charge in [0.15, 0.2) is 6.61 Å². The Morgan fingerprint density at radius 2 is 1.64 bits per heavy atom. The van der Waals surface area contributed by atoms with Gasteiger partial charge in [0.05, 0.1) is 16.1 Å². The standard InChI is InChI=1S/C24H31N3O5S/c1-25(2)33(30,31)20-12-13-22(27-14-8-5-9-15-27)21(16-20)24(29)32-18-23(28)26(3)17-19-10-6-4-7-11-19/h4,6-7,10-13,16H,5,8-9,14-15,17-18H2,1-3H3. The summed E-state index contributed by atoms with van der Waals surface area (Å²) in [6, 6.07) is 14.0. The molecule has 0 bridgehead atoms. The van der Waals surface area contributed by atoms with Crippen LogP contribution in [0.2, 0.25) is 0 Å². The van der Waals surface area contributed by atoms with Crippen molar-refractivity contribution in [3.63, 3.8) is 0 Å². The highest BCUT2D eigenvalue weighted by Crippen LogP contribution is 2.28. The van der Waals surface area contributed by atoms with E-state index >= 15 is 0 Å². The third-order valence-corrected chi connectivity index (χ3v) is 7.49. The van der Waals surface area contributed by atoms with Gasteiger partial charge in [0.1, 0.15) is 0 Å². The molecule has 3 rings (SSSR count). The van der Waals surface area contributed by atoms with Crippen LogP contribution in [0.4, 0.5) is 5.69 Å². The molecule has 0 spiro atoms. The number of benzene rings is 2. The number of rotatable bonds is 8. The van der Waals surface area contributed by atoms with Crippen molar-refractivity contribution in [3.8, 4) is 0 Å². The van der Waals surface area contributed by atoms with E-state index < -0.39 is 22.6 Å². The Morgan fingerprint density at radius 1 is 0.970 bits per heavy atom. The molecule has 1 aliphatic rings. The number of nitrogens with zero attached hydrogens (tertiary/aromatic N) is 3. The topological polar surface area (TPSA) is 87.2 Å². The van der Waals surface area contributed by atoms with Gasteiger partial charge >= 0.3 is 5.97 Å². The molecule has 0 aromatic heterocycles. The number of hydrogen-bond acceptors (Lipinski definition) is 6. The Hall–Kier alpha value is -2.91. The molecule has 1 saturated heterocycles. The fourth-order valence-corrected chi connectivity index (χ4v) is 4.65. The minimum atomic E-state index is -3.73. The van der Waals surface area contributed by atoms with Crippen LogP contribution in [0.3, 0.4) is 0 Å². The molecule has 9 heteroatoms. The summed E-state index contributed by atoms with van der Waals surface area (Å²) in [6.07, 6.45) is 3.11. The van der Waals surface area contributed by atoms with Gasteiger partial charge in [-0.1, -0.05) is 30.3 Å². The van der Waals surface area contributed by atoms with Crippen molar-refractivity contribution >= 4 is 27.6 Å². The van der Waals surface area contributed by atoms with Crippen molar-refractivity contribution < 1.29 is 22.7 Å². The second kappa shape index (κ2) is 10.8. The van der Waals surface area contributed by atoms with Gasteiger partial charge in [-0.2, -0.15) is 0 Å². The second-order valence-electron chi connectivity index (χ2n) is 8.33. The lowest BCUT2D eigenvalue weighted by Gasteiger charge is -2.30. The Kier molecular flexibility index (Phi) is 8.10. The Balaban J connectivity index is 1.78. The molecule has 2 aromatic carbocycles. The number of sulfonamides is 1. The molecule has 1 heterocycles. The third-order valence-electron chi connectivity index (χ3n) is 5.68. The highest BCUT2D eigenvalue weighted by Gasteiger charge is 2.25. The number of anilines is 1. The van der Waals surface area contributed by atoms with Gasteiger partial charge in [0, 0.05) is 40.8 Å². The zero-order valence-electron chi connectivity index (χ0n) is 19.4. The van der Waals surface area contributed by atoms with Crippen LogP contribution in [0.5, 0.6) is 0 Å². The predicted molar refractivity (Wildman–Crippen MR) is 127 cm³/mol. The smallest absolute Gasteiger partial charge is 0.340 e. The summed E-state index contributed by atoms with van der Waals surface area (Å²) in [5.41, 5.74) is 1.74. The van der Waals surface area contributed by atoms with Crippen LogP contribution < -0.4 is 4.90 Å². The van der Waals surface area contributed by atoms with Crippen LogP contribution >= 0.6 is 0 Å². The second-order valence-corrected chi connectivity index (χ2v) is 10.5. The average Bonchev–Trinajstić information content (AvgIpc) is 2.83. The van der Waals surface area contributed by atoms with E-state index in [2.05, 4.69) is 4.90 Å². The van der Waals surface area contributed by atoms with Crippen molar-refractivity contribution in [2.75, 3.05) is 45.7 Å². The third kappa shape index (κ3) is 6.11. The van der Waals surface area contributed by atoms with Crippen LogP contribution in [0.15, 0.2) is 53.4 Å². The van der Waals surface area contributed by atoms with E-state index in [1.807, 2.05) is 30.3 Å². The van der Waals surface area contributed by atoms with E-state index in [9.17, 15) is 18.0 Å². The van der Waals surface area contributed by atoms with E-state index in [0.29, 0.717) is 12.2 Å². The molecule has 0 radical (unpaired) electrons. The summed E-state index contributed by atoms with van der Waals surface area (Å²) in [6.45, 7) is 1.52. The van der Waals surface area contributed by atoms with Crippen molar-refractivity contribution in [3.05, 3.63) is 59.7 Å². The summed E-state index contributed by atoms with van der Waals surface area (Å²) in [5, 5.41) is 0. The molecular weight excluding hydrogens is 442 g/mol. The molecule has 1 fully saturated rings. The molecule has 33 heavy (non-hydrogen) atoms. The molecule has 1 amide bonds. The van der Waals surface area contributed by atoms with Crippen molar-refractivity contribution in [2.45, 2.75) is 30.7 Å². The van der Waals surface area contributed by atoms with E-state index in [1.54, 1.807) is 13.1 Å². The van der Waals surface area contributed by atoms with Crippen LogP contribution in [-0.4, -0.2) is 70.3 Å². The number of ether oxygens (including phenoxy) is 1. The Labute approximate surface area is 195 Å². The van der Waals surface area contributed by atoms with Gasteiger partial charge in [0.2, 0.25) is 10.0 Å². The van der Waals surface area contributed by atoms with E-state index in [-0.39, 0.29) is 16.4 Å². The van der Waals surface area contributed by atoms with Crippen molar-refractivity contribution in [1.82, 2.24) is 9.21 Å². The summed E-state index contributed by atoms with van der Waals surface area (Å²) in [7, 11) is 0.793. The fraction of sp³-hybridized carbons (Fsp3) is 0.417. The molecule has 0 atom stereocenters. The van der Waals surface area contributed by atoms with E-state index in [4.69, 9.17) is 4.74 Å². The monoisotopic (exact) mass is 473 g/mol. The lowest BCUT2D eigenvalue weighted by molar-refractivity contribution is -0.133. The van der Waals surface area contributed by atoms with Gasteiger partial charge in [-0.05, 0) is 43.0 Å². The lowest BCUT2D eigenvalue weighted by Crippen LogP contribution is -2.33. The summed E-state index contributed by atoms with van der Waals surface area (Å²) in [4.78, 5) is 29.1. The van der Waals surface area contributed by atoms with Gasteiger partial charge in [-0.15, -0.1) is 0 Å². The van der Waals surface area contributed by atoms with E-state index in [0.717, 1.165) is 42.2 Å². The zero-order chi connectivity index (χ0) is 24.0. The number of carbonyl (C=O) groups is 2. The van der Waals surface area contributed by atoms with Crippen LogP contribution in [0, 0.1) is 0 Å². The molecular formula is C24H31N3O5S.